The highest BCUT2D eigenvalue weighted by atomic mass is 19.1. The van der Waals surface area contributed by atoms with Crippen LogP contribution < -0.4 is 4.74 Å². The standard InChI is InChI=1S/C21H20FN3O3/c1-14-5-6-18(12-23-14)28-21(26)25-9-7-15(8-10-25)20-24-19(13-27-20)16-3-2-4-17(22)11-16/h2-6,11-13,15H,7-10H2,1H3. The molecule has 0 spiro atoms. The molecule has 2 aromatic heterocycles. The highest BCUT2D eigenvalue weighted by Crippen LogP contribution is 2.30. The van der Waals surface area contributed by atoms with Crippen molar-refractivity contribution in [1.82, 2.24) is 14.9 Å². The fraction of sp³-hybridized carbons (Fsp3) is 0.286. The van der Waals surface area contributed by atoms with Crippen LogP contribution >= 0.6 is 0 Å². The van der Waals surface area contributed by atoms with E-state index in [1.54, 1.807) is 41.6 Å². The van der Waals surface area contributed by atoms with Crippen LogP contribution in [0.2, 0.25) is 0 Å². The number of carbonyl (C=O) groups is 1. The van der Waals surface area contributed by atoms with Gasteiger partial charge in [-0.3, -0.25) is 4.98 Å². The third kappa shape index (κ3) is 4.03. The van der Waals surface area contributed by atoms with E-state index in [0.717, 1.165) is 18.5 Å². The number of carbonyl (C=O) groups excluding carboxylic acids is 1. The lowest BCUT2D eigenvalue weighted by Gasteiger charge is -2.29. The number of amides is 1. The number of aromatic nitrogens is 2. The number of rotatable bonds is 3. The van der Waals surface area contributed by atoms with E-state index in [0.29, 0.717) is 36.0 Å². The molecular weight excluding hydrogens is 361 g/mol. The molecule has 6 nitrogen and oxygen atoms in total. The topological polar surface area (TPSA) is 68.5 Å². The summed E-state index contributed by atoms with van der Waals surface area (Å²) < 4.78 is 24.4. The molecule has 1 aromatic carbocycles. The van der Waals surface area contributed by atoms with Crippen molar-refractivity contribution in [2.45, 2.75) is 25.7 Å². The van der Waals surface area contributed by atoms with Crippen molar-refractivity contribution in [1.29, 1.82) is 0 Å². The van der Waals surface area contributed by atoms with Crippen LogP contribution in [0.3, 0.4) is 0 Å². The Morgan fingerprint density at radius 3 is 2.79 bits per heavy atom. The summed E-state index contributed by atoms with van der Waals surface area (Å²) in [7, 11) is 0. The second-order valence-corrected chi connectivity index (χ2v) is 6.85. The van der Waals surface area contributed by atoms with Gasteiger partial charge in [0.1, 0.15) is 17.8 Å². The zero-order valence-electron chi connectivity index (χ0n) is 15.5. The summed E-state index contributed by atoms with van der Waals surface area (Å²) in [5, 5.41) is 0. The molecule has 3 aromatic rings. The Bertz CT molecular complexity index is 963. The van der Waals surface area contributed by atoms with E-state index in [2.05, 4.69) is 9.97 Å². The molecule has 7 heteroatoms. The number of pyridine rings is 1. The molecule has 1 saturated heterocycles. The van der Waals surface area contributed by atoms with E-state index in [1.807, 2.05) is 6.92 Å². The van der Waals surface area contributed by atoms with Gasteiger partial charge in [-0.15, -0.1) is 0 Å². The second kappa shape index (κ2) is 7.80. The number of piperidine rings is 1. The quantitative estimate of drug-likeness (QED) is 0.665. The van der Waals surface area contributed by atoms with Crippen LogP contribution in [0.1, 0.15) is 30.3 Å². The maximum absolute atomic E-state index is 13.4. The summed E-state index contributed by atoms with van der Waals surface area (Å²) >= 11 is 0. The first-order chi connectivity index (χ1) is 13.6. The van der Waals surface area contributed by atoms with Crippen molar-refractivity contribution < 1.29 is 18.3 Å². The summed E-state index contributed by atoms with van der Waals surface area (Å²) in [5.74, 6) is 0.866. The summed E-state index contributed by atoms with van der Waals surface area (Å²) in [5.41, 5.74) is 2.16. The molecular formula is C21H20FN3O3. The van der Waals surface area contributed by atoms with E-state index in [1.165, 1.54) is 12.1 Å². The monoisotopic (exact) mass is 381 g/mol. The summed E-state index contributed by atoms with van der Waals surface area (Å²) in [6, 6.07) is 9.80. The number of hydrogen-bond acceptors (Lipinski definition) is 5. The Morgan fingerprint density at radius 1 is 1.25 bits per heavy atom. The predicted octanol–water partition coefficient (Wildman–Crippen LogP) is 4.56. The molecule has 4 rings (SSSR count). The molecule has 1 aliphatic rings. The first-order valence-electron chi connectivity index (χ1n) is 9.19. The van der Waals surface area contributed by atoms with Gasteiger partial charge in [0.25, 0.3) is 0 Å². The van der Waals surface area contributed by atoms with Gasteiger partial charge in [0.2, 0.25) is 0 Å². The molecule has 0 aliphatic carbocycles. The Morgan fingerprint density at radius 2 is 2.07 bits per heavy atom. The van der Waals surface area contributed by atoms with Crippen LogP contribution in [-0.4, -0.2) is 34.1 Å². The van der Waals surface area contributed by atoms with Gasteiger partial charge in [-0.2, -0.15) is 0 Å². The number of hydrogen-bond donors (Lipinski definition) is 0. The van der Waals surface area contributed by atoms with Crippen molar-refractivity contribution in [3.05, 3.63) is 66.3 Å². The third-order valence-corrected chi connectivity index (χ3v) is 4.83. The van der Waals surface area contributed by atoms with E-state index >= 15 is 0 Å². The molecule has 28 heavy (non-hydrogen) atoms. The van der Waals surface area contributed by atoms with Crippen LogP contribution in [0.5, 0.6) is 5.75 Å². The minimum absolute atomic E-state index is 0.118. The molecule has 0 atom stereocenters. The van der Waals surface area contributed by atoms with E-state index in [4.69, 9.17) is 9.15 Å². The van der Waals surface area contributed by atoms with Gasteiger partial charge < -0.3 is 14.1 Å². The lowest BCUT2D eigenvalue weighted by atomic mass is 9.97. The maximum atomic E-state index is 13.4. The van der Waals surface area contributed by atoms with E-state index in [-0.39, 0.29) is 17.8 Å². The highest BCUT2D eigenvalue weighted by molar-refractivity contribution is 5.70. The molecule has 3 heterocycles. The van der Waals surface area contributed by atoms with Crippen LogP contribution in [0.25, 0.3) is 11.3 Å². The van der Waals surface area contributed by atoms with Gasteiger partial charge in [-0.25, -0.2) is 14.2 Å². The van der Waals surface area contributed by atoms with Crippen LogP contribution in [0.15, 0.2) is 53.3 Å². The average molecular weight is 381 g/mol. The number of halogens is 1. The Balaban J connectivity index is 1.35. The van der Waals surface area contributed by atoms with Gasteiger partial charge in [-0.05, 0) is 44.0 Å². The Kier molecular flexibility index (Phi) is 5.06. The SMILES string of the molecule is Cc1ccc(OC(=O)N2CCC(c3nc(-c4cccc(F)c4)co3)CC2)cn1. The molecule has 1 aliphatic heterocycles. The molecule has 1 amide bonds. The van der Waals surface area contributed by atoms with Crippen LogP contribution in [-0.2, 0) is 0 Å². The molecule has 0 saturated carbocycles. The van der Waals surface area contributed by atoms with Crippen molar-refractivity contribution in [2.75, 3.05) is 13.1 Å². The van der Waals surface area contributed by atoms with E-state index in [9.17, 15) is 9.18 Å². The smallest absolute Gasteiger partial charge is 0.415 e. The number of oxazole rings is 1. The molecule has 144 valence electrons. The summed E-state index contributed by atoms with van der Waals surface area (Å²) in [6.45, 7) is 2.99. The molecule has 0 N–H and O–H groups in total. The number of likely N-dealkylation sites (tertiary alicyclic amines) is 1. The fourth-order valence-electron chi connectivity index (χ4n) is 3.24. The zero-order valence-corrected chi connectivity index (χ0v) is 15.5. The minimum atomic E-state index is -0.378. The number of nitrogens with zero attached hydrogens (tertiary/aromatic N) is 3. The Hall–Kier alpha value is -3.22. The van der Waals surface area contributed by atoms with Gasteiger partial charge in [0.15, 0.2) is 11.6 Å². The predicted molar refractivity (Wildman–Crippen MR) is 100 cm³/mol. The number of ether oxygens (including phenoxy) is 1. The van der Waals surface area contributed by atoms with Crippen molar-refractivity contribution in [3.63, 3.8) is 0 Å². The first-order valence-corrected chi connectivity index (χ1v) is 9.19. The van der Waals surface area contributed by atoms with Crippen LogP contribution in [0.4, 0.5) is 9.18 Å². The molecule has 0 radical (unpaired) electrons. The Labute approximate surface area is 162 Å². The van der Waals surface area contributed by atoms with Gasteiger partial charge in [-0.1, -0.05) is 12.1 Å². The number of aryl methyl sites for hydroxylation is 1. The average Bonchev–Trinajstić information content (AvgIpc) is 3.20. The molecule has 0 unspecified atom stereocenters. The molecule has 0 bridgehead atoms. The normalized spacial score (nSPS) is 14.9. The highest BCUT2D eigenvalue weighted by Gasteiger charge is 2.28. The van der Waals surface area contributed by atoms with Gasteiger partial charge >= 0.3 is 6.09 Å². The van der Waals surface area contributed by atoms with Crippen molar-refractivity contribution >= 4 is 6.09 Å². The third-order valence-electron chi connectivity index (χ3n) is 4.83. The molecule has 1 fully saturated rings. The lowest BCUT2D eigenvalue weighted by molar-refractivity contribution is 0.136. The van der Waals surface area contributed by atoms with Gasteiger partial charge in [0, 0.05) is 30.3 Å². The van der Waals surface area contributed by atoms with E-state index < -0.39 is 0 Å². The summed E-state index contributed by atoms with van der Waals surface area (Å²) in [6.07, 6.45) is 4.17. The number of benzene rings is 1. The summed E-state index contributed by atoms with van der Waals surface area (Å²) in [4.78, 5) is 22.6. The minimum Gasteiger partial charge on any atom is -0.448 e. The van der Waals surface area contributed by atoms with Crippen LogP contribution in [0, 0.1) is 12.7 Å². The second-order valence-electron chi connectivity index (χ2n) is 6.85. The lowest BCUT2D eigenvalue weighted by Crippen LogP contribution is -2.39. The fourth-order valence-corrected chi connectivity index (χ4v) is 3.24. The first kappa shape index (κ1) is 18.2. The van der Waals surface area contributed by atoms with Crippen molar-refractivity contribution in [2.24, 2.45) is 0 Å². The largest absolute Gasteiger partial charge is 0.448 e. The van der Waals surface area contributed by atoms with Gasteiger partial charge in [0.05, 0.1) is 6.20 Å². The zero-order chi connectivity index (χ0) is 19.5. The van der Waals surface area contributed by atoms with Crippen molar-refractivity contribution in [3.8, 4) is 17.0 Å². The maximum Gasteiger partial charge on any atom is 0.415 e.